The fourth-order valence-electron chi connectivity index (χ4n) is 1.45. The molecule has 0 radical (unpaired) electrons. The van der Waals surface area contributed by atoms with Crippen LogP contribution in [0.15, 0.2) is 39.4 Å². The van der Waals surface area contributed by atoms with E-state index in [1.54, 1.807) is 12.1 Å². The standard InChI is InChI=1S/C12H8Br2N4O3/c13-8-3-7(18(19)20)4-9(14)11(8)21-10-2-1-6(5-17-10)12(15)16/h1-5H,(H3,15,16). The lowest BCUT2D eigenvalue weighted by Crippen LogP contribution is -2.11. The molecule has 0 amide bonds. The normalized spacial score (nSPS) is 10.2. The Morgan fingerprint density at radius 2 is 1.95 bits per heavy atom. The number of hydrogen-bond donors (Lipinski definition) is 2. The van der Waals surface area contributed by atoms with E-state index in [0.29, 0.717) is 20.3 Å². The van der Waals surface area contributed by atoms with Gasteiger partial charge in [0.15, 0.2) is 5.75 Å². The Hall–Kier alpha value is -2.00. The van der Waals surface area contributed by atoms with Crippen molar-refractivity contribution in [3.05, 3.63) is 55.1 Å². The van der Waals surface area contributed by atoms with Crippen molar-refractivity contribution in [2.24, 2.45) is 5.73 Å². The number of nitro benzene ring substituents is 1. The molecule has 0 atom stereocenters. The number of nitrogens with one attached hydrogen (secondary N) is 1. The number of hydrogen-bond acceptors (Lipinski definition) is 5. The zero-order chi connectivity index (χ0) is 15.6. The molecule has 1 aromatic carbocycles. The smallest absolute Gasteiger partial charge is 0.271 e. The molecule has 7 nitrogen and oxygen atoms in total. The highest BCUT2D eigenvalue weighted by Gasteiger charge is 2.16. The van der Waals surface area contributed by atoms with Gasteiger partial charge in [0, 0.05) is 30.0 Å². The Labute approximate surface area is 136 Å². The monoisotopic (exact) mass is 414 g/mol. The van der Waals surface area contributed by atoms with Crippen LogP contribution in [0, 0.1) is 15.5 Å². The molecular weight excluding hydrogens is 408 g/mol. The van der Waals surface area contributed by atoms with E-state index in [1.165, 1.54) is 18.3 Å². The SMILES string of the molecule is N=C(N)c1ccc(Oc2c(Br)cc([N+](=O)[O-])cc2Br)nc1. The predicted octanol–water partition coefficient (Wildman–Crippen LogP) is 3.59. The van der Waals surface area contributed by atoms with E-state index in [0.717, 1.165) is 0 Å². The van der Waals surface area contributed by atoms with E-state index >= 15 is 0 Å². The van der Waals surface area contributed by atoms with Crippen LogP contribution in [0.2, 0.25) is 0 Å². The van der Waals surface area contributed by atoms with Crippen LogP contribution in [0.1, 0.15) is 5.56 Å². The molecule has 0 aliphatic carbocycles. The predicted molar refractivity (Wildman–Crippen MR) is 83.8 cm³/mol. The molecule has 9 heteroatoms. The van der Waals surface area contributed by atoms with Gasteiger partial charge in [0.1, 0.15) is 5.84 Å². The number of non-ortho nitro benzene ring substituents is 1. The molecule has 0 saturated heterocycles. The van der Waals surface area contributed by atoms with Crippen molar-refractivity contribution in [1.82, 2.24) is 4.98 Å². The zero-order valence-electron chi connectivity index (χ0n) is 10.3. The van der Waals surface area contributed by atoms with Gasteiger partial charge >= 0.3 is 0 Å². The summed E-state index contributed by atoms with van der Waals surface area (Å²) in [4.78, 5) is 14.3. The van der Waals surface area contributed by atoms with E-state index in [2.05, 4.69) is 36.8 Å². The van der Waals surface area contributed by atoms with E-state index in [1.807, 2.05) is 0 Å². The lowest BCUT2D eigenvalue weighted by molar-refractivity contribution is -0.385. The molecule has 108 valence electrons. The van der Waals surface area contributed by atoms with Crippen LogP contribution in [-0.2, 0) is 0 Å². The number of halogens is 2. The molecule has 0 unspecified atom stereocenters. The number of benzene rings is 1. The minimum Gasteiger partial charge on any atom is -0.437 e. The second kappa shape index (κ2) is 6.19. The Morgan fingerprint density at radius 1 is 1.33 bits per heavy atom. The van der Waals surface area contributed by atoms with Crippen molar-refractivity contribution in [3.8, 4) is 11.6 Å². The highest BCUT2D eigenvalue weighted by atomic mass is 79.9. The van der Waals surface area contributed by atoms with Gasteiger partial charge in [-0.1, -0.05) is 0 Å². The van der Waals surface area contributed by atoms with Gasteiger partial charge in [-0.2, -0.15) is 0 Å². The second-order valence-corrected chi connectivity index (χ2v) is 5.61. The van der Waals surface area contributed by atoms with E-state index in [9.17, 15) is 10.1 Å². The molecule has 1 aromatic heterocycles. The molecule has 0 bridgehead atoms. The van der Waals surface area contributed by atoms with Gasteiger partial charge in [-0.25, -0.2) is 4.98 Å². The van der Waals surface area contributed by atoms with E-state index in [-0.39, 0.29) is 17.4 Å². The van der Waals surface area contributed by atoms with Crippen molar-refractivity contribution in [2.45, 2.75) is 0 Å². The van der Waals surface area contributed by atoms with Gasteiger partial charge < -0.3 is 10.5 Å². The molecule has 0 fully saturated rings. The summed E-state index contributed by atoms with van der Waals surface area (Å²) < 4.78 is 6.41. The molecule has 0 aliphatic heterocycles. The first kappa shape index (κ1) is 15.4. The number of amidine groups is 1. The van der Waals surface area contributed by atoms with Crippen molar-refractivity contribution < 1.29 is 9.66 Å². The van der Waals surface area contributed by atoms with Crippen LogP contribution in [0.3, 0.4) is 0 Å². The topological polar surface area (TPSA) is 115 Å². The maximum Gasteiger partial charge on any atom is 0.271 e. The van der Waals surface area contributed by atoms with Crippen LogP contribution >= 0.6 is 31.9 Å². The largest absolute Gasteiger partial charge is 0.437 e. The molecular formula is C12H8Br2N4O3. The number of nitrogens with zero attached hydrogens (tertiary/aromatic N) is 2. The minimum atomic E-state index is -0.501. The van der Waals surface area contributed by atoms with Gasteiger partial charge in [-0.05, 0) is 37.9 Å². The average molecular weight is 416 g/mol. The van der Waals surface area contributed by atoms with Crippen LogP contribution in [-0.4, -0.2) is 15.7 Å². The number of rotatable bonds is 4. The van der Waals surface area contributed by atoms with Crippen molar-refractivity contribution in [1.29, 1.82) is 5.41 Å². The lowest BCUT2D eigenvalue weighted by atomic mass is 10.2. The Bertz CT molecular complexity index is 696. The third-order valence-corrected chi connectivity index (χ3v) is 3.63. The lowest BCUT2D eigenvalue weighted by Gasteiger charge is -2.09. The number of nitrogens with two attached hydrogens (primary N) is 1. The van der Waals surface area contributed by atoms with E-state index in [4.69, 9.17) is 15.9 Å². The molecule has 0 saturated carbocycles. The number of nitro groups is 1. The fraction of sp³-hybridized carbons (Fsp3) is 0. The first-order chi connectivity index (χ1) is 9.88. The first-order valence-corrected chi connectivity index (χ1v) is 7.09. The third-order valence-electron chi connectivity index (χ3n) is 2.45. The number of ether oxygens (including phenoxy) is 1. The summed E-state index contributed by atoms with van der Waals surface area (Å²) in [5, 5.41) is 18.0. The highest BCUT2D eigenvalue weighted by molar-refractivity contribution is 9.11. The van der Waals surface area contributed by atoms with Crippen molar-refractivity contribution in [2.75, 3.05) is 0 Å². The Morgan fingerprint density at radius 3 is 2.38 bits per heavy atom. The average Bonchev–Trinajstić information content (AvgIpc) is 2.43. The summed E-state index contributed by atoms with van der Waals surface area (Å²) in [6.45, 7) is 0. The van der Waals surface area contributed by atoms with Gasteiger partial charge in [-0.15, -0.1) is 0 Å². The highest BCUT2D eigenvalue weighted by Crippen LogP contribution is 2.39. The molecule has 21 heavy (non-hydrogen) atoms. The van der Waals surface area contributed by atoms with E-state index < -0.39 is 4.92 Å². The summed E-state index contributed by atoms with van der Waals surface area (Å²) in [6.07, 6.45) is 1.41. The quantitative estimate of drug-likeness (QED) is 0.342. The number of nitrogen functional groups attached to an aromatic ring is 1. The van der Waals surface area contributed by atoms with Crippen LogP contribution < -0.4 is 10.5 Å². The summed E-state index contributed by atoms with van der Waals surface area (Å²) >= 11 is 6.44. The number of aromatic nitrogens is 1. The Balaban J connectivity index is 2.31. The van der Waals surface area contributed by atoms with Gasteiger partial charge in [0.25, 0.3) is 5.69 Å². The maximum absolute atomic E-state index is 10.8. The summed E-state index contributed by atoms with van der Waals surface area (Å²) in [5.74, 6) is 0.547. The summed E-state index contributed by atoms with van der Waals surface area (Å²) in [6, 6.07) is 5.82. The van der Waals surface area contributed by atoms with Gasteiger partial charge in [-0.3, -0.25) is 15.5 Å². The van der Waals surface area contributed by atoms with Crippen LogP contribution in [0.25, 0.3) is 0 Å². The van der Waals surface area contributed by atoms with Crippen molar-refractivity contribution in [3.63, 3.8) is 0 Å². The maximum atomic E-state index is 10.8. The summed E-state index contributed by atoms with van der Waals surface area (Å²) in [5.41, 5.74) is 5.74. The molecule has 0 aliphatic rings. The zero-order valence-corrected chi connectivity index (χ0v) is 13.5. The van der Waals surface area contributed by atoms with Crippen LogP contribution in [0.5, 0.6) is 11.6 Å². The van der Waals surface area contributed by atoms with Gasteiger partial charge in [0.05, 0.1) is 13.9 Å². The van der Waals surface area contributed by atoms with Gasteiger partial charge in [0.2, 0.25) is 5.88 Å². The fourth-order valence-corrected chi connectivity index (χ4v) is 2.78. The minimum absolute atomic E-state index is 0.0685. The molecule has 0 spiro atoms. The third kappa shape index (κ3) is 3.56. The molecule has 2 aromatic rings. The summed E-state index contributed by atoms with van der Waals surface area (Å²) in [7, 11) is 0. The van der Waals surface area contributed by atoms with Crippen LogP contribution in [0.4, 0.5) is 5.69 Å². The molecule has 1 heterocycles. The number of pyridine rings is 1. The molecule has 3 N–H and O–H groups in total. The second-order valence-electron chi connectivity index (χ2n) is 3.90. The van der Waals surface area contributed by atoms with Crippen molar-refractivity contribution >= 4 is 43.4 Å². The molecule has 2 rings (SSSR count). The first-order valence-electron chi connectivity index (χ1n) is 5.50. The Kier molecular flexibility index (Phi) is 4.53.